The lowest BCUT2D eigenvalue weighted by atomic mass is 9.85. The zero-order chi connectivity index (χ0) is 17.2. The fourth-order valence-electron chi connectivity index (χ4n) is 3.46. The summed E-state index contributed by atoms with van der Waals surface area (Å²) in [6.07, 6.45) is -0.544. The maximum absolute atomic E-state index is 6.33. The number of hydrogen-bond acceptors (Lipinski definition) is 5. The average molecular weight is 330 g/mol. The molecule has 0 amide bonds. The second-order valence-corrected chi connectivity index (χ2v) is 5.52. The number of ether oxygens (including phenoxy) is 5. The Hall–Kier alpha value is -1.92. The van der Waals surface area contributed by atoms with E-state index in [-0.39, 0.29) is 0 Å². The molecule has 5 heteroatoms. The highest BCUT2D eigenvalue weighted by Crippen LogP contribution is 2.54. The lowest BCUT2D eigenvalue weighted by molar-refractivity contribution is -0.416. The van der Waals surface area contributed by atoms with Crippen LogP contribution in [0.15, 0.2) is 54.6 Å². The molecule has 0 saturated heterocycles. The van der Waals surface area contributed by atoms with E-state index >= 15 is 0 Å². The molecule has 0 bridgehead atoms. The number of rotatable bonds is 5. The molecule has 2 aromatic rings. The van der Waals surface area contributed by atoms with Crippen molar-refractivity contribution in [1.29, 1.82) is 0 Å². The van der Waals surface area contributed by atoms with E-state index in [1.54, 1.807) is 28.4 Å². The van der Waals surface area contributed by atoms with Crippen LogP contribution >= 0.6 is 0 Å². The highest BCUT2D eigenvalue weighted by molar-refractivity contribution is 5.42. The first-order valence-electron chi connectivity index (χ1n) is 7.70. The van der Waals surface area contributed by atoms with Crippen molar-refractivity contribution >= 4 is 0 Å². The van der Waals surface area contributed by atoms with Crippen LogP contribution in [0.2, 0.25) is 0 Å². The third-order valence-corrected chi connectivity index (χ3v) is 4.54. The molecular formula is C19H22O5. The van der Waals surface area contributed by atoms with Crippen molar-refractivity contribution in [3.05, 3.63) is 65.7 Å². The first kappa shape index (κ1) is 16.9. The van der Waals surface area contributed by atoms with Crippen LogP contribution in [0.1, 0.15) is 17.2 Å². The van der Waals surface area contributed by atoms with Gasteiger partial charge in [-0.05, 0) is 6.07 Å². The molecule has 0 saturated carbocycles. The van der Waals surface area contributed by atoms with Crippen molar-refractivity contribution in [3.63, 3.8) is 0 Å². The summed E-state index contributed by atoms with van der Waals surface area (Å²) in [5, 5.41) is 0. The van der Waals surface area contributed by atoms with Crippen molar-refractivity contribution in [2.45, 2.75) is 17.7 Å². The minimum atomic E-state index is -1.33. The van der Waals surface area contributed by atoms with Crippen molar-refractivity contribution in [1.82, 2.24) is 0 Å². The summed E-state index contributed by atoms with van der Waals surface area (Å²) in [5.74, 6) is -1.99. The van der Waals surface area contributed by atoms with E-state index in [9.17, 15) is 0 Å². The Morgan fingerprint density at radius 3 is 2.00 bits per heavy atom. The van der Waals surface area contributed by atoms with Crippen LogP contribution in [-0.4, -0.2) is 34.2 Å². The van der Waals surface area contributed by atoms with Gasteiger partial charge in [-0.25, -0.2) is 0 Å². The topological polar surface area (TPSA) is 46.2 Å². The van der Waals surface area contributed by atoms with E-state index in [4.69, 9.17) is 23.7 Å². The molecule has 0 aliphatic carbocycles. The highest BCUT2D eigenvalue weighted by Gasteiger charge is 2.66. The highest BCUT2D eigenvalue weighted by atomic mass is 16.8. The summed E-state index contributed by atoms with van der Waals surface area (Å²) in [5.41, 5.74) is 1.61. The first-order valence-corrected chi connectivity index (χ1v) is 7.70. The maximum Gasteiger partial charge on any atom is 0.295 e. The van der Waals surface area contributed by atoms with Crippen LogP contribution in [0.5, 0.6) is 5.75 Å². The second kappa shape index (κ2) is 6.53. The molecule has 0 radical (unpaired) electrons. The molecule has 1 aliphatic rings. The second-order valence-electron chi connectivity index (χ2n) is 5.52. The normalized spacial score (nSPS) is 24.9. The van der Waals surface area contributed by atoms with Crippen LogP contribution in [0.25, 0.3) is 0 Å². The van der Waals surface area contributed by atoms with Gasteiger partial charge in [-0.15, -0.1) is 0 Å². The number of hydrogen-bond donors (Lipinski definition) is 0. The summed E-state index contributed by atoms with van der Waals surface area (Å²) in [6, 6.07) is 17.2. The molecule has 1 heterocycles. The molecular weight excluding hydrogens is 308 g/mol. The van der Waals surface area contributed by atoms with Crippen molar-refractivity contribution in [2.24, 2.45) is 0 Å². The third kappa shape index (κ3) is 2.17. The molecule has 5 nitrogen and oxygen atoms in total. The minimum Gasteiger partial charge on any atom is -0.452 e. The Balaban J connectivity index is 2.31. The van der Waals surface area contributed by atoms with Gasteiger partial charge in [-0.2, -0.15) is 0 Å². The number of benzene rings is 2. The molecule has 3 rings (SSSR count). The number of fused-ring (bicyclic) bond motifs is 1. The van der Waals surface area contributed by atoms with Gasteiger partial charge < -0.3 is 23.7 Å². The summed E-state index contributed by atoms with van der Waals surface area (Å²) in [4.78, 5) is 0. The standard InChI is InChI=1S/C19H22O5/c1-20-17-15-12-8-9-13-16(15)24-18(21-2,19(17,22-3)23-4)14-10-6-5-7-11-14/h5-13,17H,1-4H3. The van der Waals surface area contributed by atoms with Crippen LogP contribution in [0, 0.1) is 0 Å². The van der Waals surface area contributed by atoms with Gasteiger partial charge in [0.05, 0.1) is 0 Å². The zero-order valence-electron chi connectivity index (χ0n) is 14.3. The SMILES string of the molecule is COC1c2ccccc2OC(OC)(c2ccccc2)C1(OC)OC. The van der Waals surface area contributed by atoms with Crippen molar-refractivity contribution in [3.8, 4) is 5.75 Å². The van der Waals surface area contributed by atoms with E-state index in [0.29, 0.717) is 5.75 Å². The fourth-order valence-corrected chi connectivity index (χ4v) is 3.46. The molecule has 2 atom stereocenters. The van der Waals surface area contributed by atoms with Crippen LogP contribution in [-0.2, 0) is 24.7 Å². The molecule has 24 heavy (non-hydrogen) atoms. The summed E-state index contributed by atoms with van der Waals surface area (Å²) >= 11 is 0. The summed E-state index contributed by atoms with van der Waals surface area (Å²) < 4.78 is 29.7. The maximum atomic E-state index is 6.33. The van der Waals surface area contributed by atoms with Gasteiger partial charge in [0, 0.05) is 39.6 Å². The lowest BCUT2D eigenvalue weighted by Gasteiger charge is -2.52. The smallest absolute Gasteiger partial charge is 0.295 e. The van der Waals surface area contributed by atoms with Gasteiger partial charge in [0.2, 0.25) is 0 Å². The van der Waals surface area contributed by atoms with E-state index in [1.807, 2.05) is 54.6 Å². The molecule has 0 spiro atoms. The molecule has 2 unspecified atom stereocenters. The summed E-state index contributed by atoms with van der Waals surface area (Å²) in [7, 11) is 6.30. The monoisotopic (exact) mass is 330 g/mol. The van der Waals surface area contributed by atoms with E-state index in [0.717, 1.165) is 11.1 Å². The Kier molecular flexibility index (Phi) is 4.60. The van der Waals surface area contributed by atoms with Crippen molar-refractivity contribution < 1.29 is 23.7 Å². The Morgan fingerprint density at radius 2 is 1.42 bits per heavy atom. The zero-order valence-corrected chi connectivity index (χ0v) is 14.3. The Labute approximate surface area is 142 Å². The number of para-hydroxylation sites is 1. The molecule has 0 aromatic heterocycles. The summed E-state index contributed by atoms with van der Waals surface area (Å²) in [6.45, 7) is 0. The first-order chi connectivity index (χ1) is 11.7. The Bertz CT molecular complexity index is 683. The quantitative estimate of drug-likeness (QED) is 0.788. The largest absolute Gasteiger partial charge is 0.452 e. The van der Waals surface area contributed by atoms with Crippen LogP contribution < -0.4 is 4.74 Å². The minimum absolute atomic E-state index is 0.544. The Morgan fingerprint density at radius 1 is 0.792 bits per heavy atom. The van der Waals surface area contributed by atoms with Crippen molar-refractivity contribution in [2.75, 3.05) is 28.4 Å². The van der Waals surface area contributed by atoms with E-state index in [1.165, 1.54) is 0 Å². The van der Waals surface area contributed by atoms with Gasteiger partial charge in [-0.3, -0.25) is 0 Å². The van der Waals surface area contributed by atoms with E-state index < -0.39 is 17.7 Å². The van der Waals surface area contributed by atoms with Gasteiger partial charge in [0.15, 0.2) is 0 Å². The fraction of sp³-hybridized carbons (Fsp3) is 0.368. The van der Waals surface area contributed by atoms with Gasteiger partial charge in [0.25, 0.3) is 11.6 Å². The predicted molar refractivity (Wildman–Crippen MR) is 88.7 cm³/mol. The molecule has 2 aromatic carbocycles. The molecule has 0 N–H and O–H groups in total. The average Bonchev–Trinajstić information content (AvgIpc) is 2.66. The lowest BCUT2D eigenvalue weighted by Crippen LogP contribution is -2.64. The van der Waals surface area contributed by atoms with Crippen LogP contribution in [0.4, 0.5) is 0 Å². The molecule has 1 aliphatic heterocycles. The van der Waals surface area contributed by atoms with Gasteiger partial charge >= 0.3 is 0 Å². The molecule has 0 fully saturated rings. The van der Waals surface area contributed by atoms with Crippen LogP contribution in [0.3, 0.4) is 0 Å². The van der Waals surface area contributed by atoms with E-state index in [2.05, 4.69) is 0 Å². The number of methoxy groups -OCH3 is 4. The van der Waals surface area contributed by atoms with Gasteiger partial charge in [0.1, 0.15) is 11.9 Å². The predicted octanol–water partition coefficient (Wildman–Crippen LogP) is 3.26. The molecule has 128 valence electrons. The third-order valence-electron chi connectivity index (χ3n) is 4.54. The van der Waals surface area contributed by atoms with Gasteiger partial charge in [-0.1, -0.05) is 48.5 Å².